The van der Waals surface area contributed by atoms with Gasteiger partial charge in [-0.15, -0.1) is 0 Å². The number of para-hydroxylation sites is 1. The van der Waals surface area contributed by atoms with E-state index in [9.17, 15) is 14.7 Å². The average Bonchev–Trinajstić information content (AvgIpc) is 2.79. The SMILES string of the molecule is CCO[C@H]1OC(C(=O)O)=C[C@@H](c2coc3ccccc3c2=O)[C@@H]1CCOCCOCCO. The molecule has 1 aromatic heterocycles. The molecule has 32 heavy (non-hydrogen) atoms. The lowest BCUT2D eigenvalue weighted by atomic mass is 9.81. The summed E-state index contributed by atoms with van der Waals surface area (Å²) in [5, 5.41) is 18.7. The first-order valence-electron chi connectivity index (χ1n) is 10.6. The molecule has 2 heterocycles. The summed E-state index contributed by atoms with van der Waals surface area (Å²) in [5.74, 6) is -2.47. The van der Waals surface area contributed by atoms with Crippen molar-refractivity contribution in [1.29, 1.82) is 0 Å². The topological polar surface area (TPSA) is 125 Å². The molecule has 1 aliphatic heterocycles. The van der Waals surface area contributed by atoms with Crippen LogP contribution in [0.15, 0.2) is 51.6 Å². The molecule has 0 unspecified atom stereocenters. The highest BCUT2D eigenvalue weighted by Gasteiger charge is 2.39. The van der Waals surface area contributed by atoms with Crippen LogP contribution >= 0.6 is 0 Å². The van der Waals surface area contributed by atoms with E-state index in [1.165, 1.54) is 12.3 Å². The van der Waals surface area contributed by atoms with Gasteiger partial charge in [-0.1, -0.05) is 12.1 Å². The number of aliphatic hydroxyl groups excluding tert-OH is 1. The van der Waals surface area contributed by atoms with Crippen molar-refractivity contribution in [3.8, 4) is 0 Å². The number of fused-ring (bicyclic) bond motifs is 1. The Morgan fingerprint density at radius 3 is 2.59 bits per heavy atom. The van der Waals surface area contributed by atoms with Crippen molar-refractivity contribution in [2.75, 3.05) is 39.6 Å². The van der Waals surface area contributed by atoms with E-state index in [1.807, 2.05) is 0 Å². The molecule has 0 bridgehead atoms. The maximum atomic E-state index is 13.2. The van der Waals surface area contributed by atoms with Gasteiger partial charge < -0.3 is 33.6 Å². The number of carboxylic acids is 1. The van der Waals surface area contributed by atoms with Crippen LogP contribution < -0.4 is 5.43 Å². The van der Waals surface area contributed by atoms with E-state index in [4.69, 9.17) is 28.5 Å². The van der Waals surface area contributed by atoms with Gasteiger partial charge in [0, 0.05) is 30.6 Å². The van der Waals surface area contributed by atoms with Crippen molar-refractivity contribution in [3.05, 3.63) is 58.2 Å². The predicted octanol–water partition coefficient (Wildman–Crippen LogP) is 2.27. The molecular formula is C23H28O9. The summed E-state index contributed by atoms with van der Waals surface area (Å²) in [5.41, 5.74) is 0.574. The third-order valence-electron chi connectivity index (χ3n) is 5.20. The Bertz CT molecular complexity index is 981. The second-order valence-corrected chi connectivity index (χ2v) is 7.22. The summed E-state index contributed by atoms with van der Waals surface area (Å²) in [6, 6.07) is 6.91. The van der Waals surface area contributed by atoms with E-state index in [-0.39, 0.29) is 30.3 Å². The van der Waals surface area contributed by atoms with Gasteiger partial charge in [0.25, 0.3) is 0 Å². The van der Waals surface area contributed by atoms with Crippen LogP contribution in [0.3, 0.4) is 0 Å². The van der Waals surface area contributed by atoms with Gasteiger partial charge in [-0.25, -0.2) is 4.79 Å². The number of rotatable bonds is 12. The molecule has 3 rings (SSSR count). The zero-order valence-electron chi connectivity index (χ0n) is 17.9. The second-order valence-electron chi connectivity index (χ2n) is 7.22. The van der Waals surface area contributed by atoms with Crippen molar-refractivity contribution in [2.24, 2.45) is 5.92 Å². The van der Waals surface area contributed by atoms with Crippen LogP contribution in [-0.2, 0) is 23.7 Å². The maximum absolute atomic E-state index is 13.2. The highest BCUT2D eigenvalue weighted by atomic mass is 16.7. The van der Waals surface area contributed by atoms with Gasteiger partial charge in [0.2, 0.25) is 12.0 Å². The third-order valence-corrected chi connectivity index (χ3v) is 5.20. The molecule has 0 fully saturated rings. The molecule has 9 heteroatoms. The Labute approximate surface area is 185 Å². The zero-order chi connectivity index (χ0) is 22.9. The van der Waals surface area contributed by atoms with Crippen molar-refractivity contribution in [1.82, 2.24) is 0 Å². The molecule has 0 aliphatic carbocycles. The quantitative estimate of drug-likeness (QED) is 0.470. The summed E-state index contributed by atoms with van der Waals surface area (Å²) in [4.78, 5) is 24.9. The van der Waals surface area contributed by atoms with E-state index in [2.05, 4.69) is 0 Å². The highest BCUT2D eigenvalue weighted by molar-refractivity contribution is 5.84. The fourth-order valence-electron chi connectivity index (χ4n) is 3.72. The summed E-state index contributed by atoms with van der Waals surface area (Å²) in [6.07, 6.45) is 2.41. The predicted molar refractivity (Wildman–Crippen MR) is 114 cm³/mol. The fraction of sp³-hybridized carbons (Fsp3) is 0.478. The first kappa shape index (κ1) is 23.9. The van der Waals surface area contributed by atoms with E-state index in [0.717, 1.165) is 0 Å². The van der Waals surface area contributed by atoms with E-state index < -0.39 is 18.2 Å². The molecule has 0 spiro atoms. The van der Waals surface area contributed by atoms with Gasteiger partial charge >= 0.3 is 5.97 Å². The minimum Gasteiger partial charge on any atom is -0.475 e. The van der Waals surface area contributed by atoms with Crippen LogP contribution in [0.5, 0.6) is 0 Å². The Kier molecular flexibility index (Phi) is 8.81. The lowest BCUT2D eigenvalue weighted by molar-refractivity contribution is -0.174. The largest absolute Gasteiger partial charge is 0.475 e. The monoisotopic (exact) mass is 448 g/mol. The molecule has 2 aromatic rings. The molecule has 9 nitrogen and oxygen atoms in total. The molecular weight excluding hydrogens is 420 g/mol. The lowest BCUT2D eigenvalue weighted by Gasteiger charge is -2.36. The average molecular weight is 448 g/mol. The molecule has 0 saturated carbocycles. The van der Waals surface area contributed by atoms with Crippen molar-refractivity contribution in [2.45, 2.75) is 25.6 Å². The van der Waals surface area contributed by atoms with E-state index in [1.54, 1.807) is 31.2 Å². The molecule has 0 amide bonds. The van der Waals surface area contributed by atoms with Gasteiger partial charge in [-0.05, 0) is 31.6 Å². The number of allylic oxidation sites excluding steroid dienone is 1. The molecule has 0 radical (unpaired) electrons. The first-order valence-corrected chi connectivity index (χ1v) is 10.6. The molecule has 174 valence electrons. The maximum Gasteiger partial charge on any atom is 0.370 e. The van der Waals surface area contributed by atoms with Crippen LogP contribution in [0.2, 0.25) is 0 Å². The Hall–Kier alpha value is -2.72. The van der Waals surface area contributed by atoms with Gasteiger partial charge in [-0.3, -0.25) is 4.79 Å². The number of aliphatic carboxylic acids is 1. The first-order chi connectivity index (χ1) is 15.6. The van der Waals surface area contributed by atoms with Crippen LogP contribution in [0.25, 0.3) is 11.0 Å². The number of benzene rings is 1. The Balaban J connectivity index is 1.87. The normalized spacial score (nSPS) is 20.7. The summed E-state index contributed by atoms with van der Waals surface area (Å²) in [6.45, 7) is 3.30. The number of hydrogen-bond donors (Lipinski definition) is 2. The summed E-state index contributed by atoms with van der Waals surface area (Å²) < 4.78 is 27.7. The van der Waals surface area contributed by atoms with Gasteiger partial charge in [0.15, 0.2) is 5.43 Å². The Morgan fingerprint density at radius 2 is 1.88 bits per heavy atom. The van der Waals surface area contributed by atoms with Crippen LogP contribution in [-0.4, -0.2) is 62.1 Å². The van der Waals surface area contributed by atoms with Crippen LogP contribution in [0.4, 0.5) is 0 Å². The standard InChI is InChI=1S/C23H28O9/c1-2-30-23-15(7-9-28-11-12-29-10-8-24)17(13-20(32-23)22(26)27)18-14-31-19-6-4-3-5-16(19)21(18)25/h3-6,13-15,17,23-24H,2,7-12H2,1H3,(H,26,27)/t15-,17+,23-/m0/s1. The highest BCUT2D eigenvalue weighted by Crippen LogP contribution is 2.38. The van der Waals surface area contributed by atoms with E-state index in [0.29, 0.717) is 49.4 Å². The van der Waals surface area contributed by atoms with Crippen molar-refractivity contribution >= 4 is 16.9 Å². The second kappa shape index (κ2) is 11.8. The number of hydrogen-bond acceptors (Lipinski definition) is 8. The third kappa shape index (κ3) is 5.74. The van der Waals surface area contributed by atoms with Gasteiger partial charge in [-0.2, -0.15) is 0 Å². The number of carboxylic acid groups (broad SMARTS) is 1. The molecule has 2 N–H and O–H groups in total. The molecule has 3 atom stereocenters. The summed E-state index contributed by atoms with van der Waals surface area (Å²) in [7, 11) is 0. The van der Waals surface area contributed by atoms with Crippen LogP contribution in [0, 0.1) is 5.92 Å². The minimum absolute atomic E-state index is 0.0519. The Morgan fingerprint density at radius 1 is 1.12 bits per heavy atom. The number of aliphatic hydroxyl groups is 1. The minimum atomic E-state index is -1.24. The summed E-state index contributed by atoms with van der Waals surface area (Å²) >= 11 is 0. The lowest BCUT2D eigenvalue weighted by Crippen LogP contribution is -2.38. The van der Waals surface area contributed by atoms with E-state index >= 15 is 0 Å². The molecule has 1 aromatic carbocycles. The number of ether oxygens (including phenoxy) is 4. The smallest absolute Gasteiger partial charge is 0.370 e. The number of carbonyl (C=O) groups is 1. The molecule has 0 saturated heterocycles. The molecule has 1 aliphatic rings. The zero-order valence-corrected chi connectivity index (χ0v) is 17.9. The fourth-order valence-corrected chi connectivity index (χ4v) is 3.72. The van der Waals surface area contributed by atoms with Crippen molar-refractivity contribution in [3.63, 3.8) is 0 Å². The van der Waals surface area contributed by atoms with Gasteiger partial charge in [0.1, 0.15) is 5.58 Å². The van der Waals surface area contributed by atoms with Crippen LogP contribution in [0.1, 0.15) is 24.8 Å². The van der Waals surface area contributed by atoms with Gasteiger partial charge in [0.05, 0.1) is 38.1 Å². The van der Waals surface area contributed by atoms with Crippen molar-refractivity contribution < 1.29 is 38.4 Å².